The van der Waals surface area contributed by atoms with Crippen LogP contribution in [0.1, 0.15) is 18.3 Å². The molecule has 1 aromatic heterocycles. The highest BCUT2D eigenvalue weighted by Gasteiger charge is 2.07. The Morgan fingerprint density at radius 1 is 1.30 bits per heavy atom. The van der Waals surface area contributed by atoms with E-state index >= 15 is 0 Å². The molecule has 102 valence electrons. The predicted octanol–water partition coefficient (Wildman–Crippen LogP) is 2.59. The maximum absolute atomic E-state index is 8.97. The van der Waals surface area contributed by atoms with Gasteiger partial charge in [0.1, 0.15) is 12.4 Å². The van der Waals surface area contributed by atoms with Crippen LogP contribution >= 0.6 is 0 Å². The van der Waals surface area contributed by atoms with E-state index in [1.807, 2.05) is 31.2 Å². The third-order valence-electron chi connectivity index (χ3n) is 2.69. The van der Waals surface area contributed by atoms with Crippen LogP contribution in [0, 0.1) is 11.3 Å². The molecule has 1 aromatic carbocycles. The Bertz CT molecular complexity index is 610. The molecule has 0 atom stereocenters. The Morgan fingerprint density at radius 2 is 2.15 bits per heavy atom. The van der Waals surface area contributed by atoms with Gasteiger partial charge in [0, 0.05) is 25.3 Å². The highest BCUT2D eigenvalue weighted by molar-refractivity contribution is 5.64. The lowest BCUT2D eigenvalue weighted by molar-refractivity contribution is 0.178. The molecule has 1 N–H and O–H groups in total. The van der Waals surface area contributed by atoms with Crippen molar-refractivity contribution in [1.82, 2.24) is 9.97 Å². The van der Waals surface area contributed by atoms with Gasteiger partial charge in [-0.3, -0.25) is 0 Å². The van der Waals surface area contributed by atoms with Crippen molar-refractivity contribution in [1.29, 1.82) is 5.26 Å². The second-order valence-electron chi connectivity index (χ2n) is 4.21. The van der Waals surface area contributed by atoms with Gasteiger partial charge in [0.15, 0.2) is 5.82 Å². The molecule has 0 fully saturated rings. The fourth-order valence-electron chi connectivity index (χ4n) is 1.86. The first-order chi connectivity index (χ1) is 9.76. The number of hydrogen-bond acceptors (Lipinski definition) is 5. The zero-order chi connectivity index (χ0) is 14.4. The molecule has 1 heterocycles. The van der Waals surface area contributed by atoms with Gasteiger partial charge < -0.3 is 10.1 Å². The second kappa shape index (κ2) is 6.64. The molecule has 0 aliphatic rings. The molecule has 2 rings (SSSR count). The summed E-state index contributed by atoms with van der Waals surface area (Å²) >= 11 is 0. The fraction of sp³-hybridized carbons (Fsp3) is 0.267. The molecule has 0 unspecified atom stereocenters. The molecule has 20 heavy (non-hydrogen) atoms. The van der Waals surface area contributed by atoms with E-state index < -0.39 is 0 Å². The molecule has 5 nitrogen and oxygen atoms in total. The molecular formula is C15H16N4O. The number of methoxy groups -OCH3 is 1. The SMILES string of the molecule is CCNc1cc(-c2cccc(C#N)c2)nc(COC)n1. The van der Waals surface area contributed by atoms with Crippen LogP contribution in [0.5, 0.6) is 0 Å². The first kappa shape index (κ1) is 14.0. The minimum absolute atomic E-state index is 0.351. The molecule has 0 aliphatic heterocycles. The standard InChI is InChI=1S/C15H16N4O/c1-3-17-14-8-13(18-15(19-14)10-20-2)12-6-4-5-11(7-12)9-16/h4-8H,3,10H2,1-2H3,(H,17,18,19). The second-order valence-corrected chi connectivity index (χ2v) is 4.21. The van der Waals surface area contributed by atoms with E-state index in [2.05, 4.69) is 21.4 Å². The molecule has 0 saturated heterocycles. The van der Waals surface area contributed by atoms with E-state index in [0.717, 1.165) is 23.6 Å². The number of benzene rings is 1. The molecule has 0 radical (unpaired) electrons. The zero-order valence-corrected chi connectivity index (χ0v) is 11.6. The number of ether oxygens (including phenoxy) is 1. The molecule has 0 saturated carbocycles. The summed E-state index contributed by atoms with van der Waals surface area (Å²) < 4.78 is 5.09. The Hall–Kier alpha value is -2.45. The molecule has 2 aromatic rings. The highest BCUT2D eigenvalue weighted by atomic mass is 16.5. The zero-order valence-electron chi connectivity index (χ0n) is 11.6. The van der Waals surface area contributed by atoms with Gasteiger partial charge in [0.05, 0.1) is 17.3 Å². The van der Waals surface area contributed by atoms with Crippen LogP contribution in [0.2, 0.25) is 0 Å². The van der Waals surface area contributed by atoms with Crippen molar-refractivity contribution in [3.63, 3.8) is 0 Å². The Balaban J connectivity index is 2.45. The number of nitriles is 1. The summed E-state index contributed by atoms with van der Waals surface area (Å²) in [6.07, 6.45) is 0. The fourth-order valence-corrected chi connectivity index (χ4v) is 1.86. The predicted molar refractivity (Wildman–Crippen MR) is 77.1 cm³/mol. The van der Waals surface area contributed by atoms with E-state index in [1.54, 1.807) is 13.2 Å². The van der Waals surface area contributed by atoms with Crippen molar-refractivity contribution in [3.05, 3.63) is 41.7 Å². The van der Waals surface area contributed by atoms with Crippen LogP contribution in [-0.2, 0) is 11.3 Å². The van der Waals surface area contributed by atoms with E-state index in [1.165, 1.54) is 0 Å². The summed E-state index contributed by atoms with van der Waals surface area (Å²) in [5, 5.41) is 12.1. The molecule has 0 aliphatic carbocycles. The van der Waals surface area contributed by atoms with E-state index in [9.17, 15) is 0 Å². The van der Waals surface area contributed by atoms with Gasteiger partial charge in [0.2, 0.25) is 0 Å². The van der Waals surface area contributed by atoms with Crippen LogP contribution in [0.25, 0.3) is 11.3 Å². The van der Waals surface area contributed by atoms with Crippen molar-refractivity contribution in [3.8, 4) is 17.3 Å². The lowest BCUT2D eigenvalue weighted by Gasteiger charge is -2.09. The molecule has 0 amide bonds. The van der Waals surface area contributed by atoms with Gasteiger partial charge in [-0.25, -0.2) is 9.97 Å². The topological polar surface area (TPSA) is 70.8 Å². The maximum atomic E-state index is 8.97. The normalized spacial score (nSPS) is 10.1. The number of aromatic nitrogens is 2. The van der Waals surface area contributed by atoms with Crippen molar-refractivity contribution in [2.75, 3.05) is 19.0 Å². The molecular weight excluding hydrogens is 252 g/mol. The van der Waals surface area contributed by atoms with Gasteiger partial charge >= 0.3 is 0 Å². The smallest absolute Gasteiger partial charge is 0.157 e. The quantitative estimate of drug-likeness (QED) is 0.902. The van der Waals surface area contributed by atoms with Crippen LogP contribution in [0.4, 0.5) is 5.82 Å². The average molecular weight is 268 g/mol. The lowest BCUT2D eigenvalue weighted by Crippen LogP contribution is -2.05. The van der Waals surface area contributed by atoms with E-state index in [0.29, 0.717) is 18.0 Å². The van der Waals surface area contributed by atoms with Gasteiger partial charge in [-0.1, -0.05) is 12.1 Å². The summed E-state index contributed by atoms with van der Waals surface area (Å²) in [4.78, 5) is 8.83. The third kappa shape index (κ3) is 3.31. The third-order valence-corrected chi connectivity index (χ3v) is 2.69. The highest BCUT2D eigenvalue weighted by Crippen LogP contribution is 2.21. The van der Waals surface area contributed by atoms with Gasteiger partial charge in [-0.15, -0.1) is 0 Å². The number of nitrogens with zero attached hydrogens (tertiary/aromatic N) is 3. The summed E-state index contributed by atoms with van der Waals surface area (Å²) in [6.45, 7) is 3.14. The van der Waals surface area contributed by atoms with Gasteiger partial charge in [-0.2, -0.15) is 5.26 Å². The summed E-state index contributed by atoms with van der Waals surface area (Å²) in [5.74, 6) is 1.37. The molecule has 0 spiro atoms. The van der Waals surface area contributed by atoms with Gasteiger partial charge in [0.25, 0.3) is 0 Å². The number of rotatable bonds is 5. The van der Waals surface area contributed by atoms with Crippen LogP contribution in [0.15, 0.2) is 30.3 Å². The van der Waals surface area contributed by atoms with Crippen molar-refractivity contribution in [2.24, 2.45) is 0 Å². The number of anilines is 1. The largest absolute Gasteiger partial charge is 0.377 e. The molecule has 0 bridgehead atoms. The summed E-state index contributed by atoms with van der Waals surface area (Å²) in [6, 6.07) is 11.4. The minimum atomic E-state index is 0.351. The molecule has 5 heteroatoms. The van der Waals surface area contributed by atoms with Crippen molar-refractivity contribution >= 4 is 5.82 Å². The summed E-state index contributed by atoms with van der Waals surface area (Å²) in [5.41, 5.74) is 2.28. The lowest BCUT2D eigenvalue weighted by atomic mass is 10.1. The Labute approximate surface area is 118 Å². The van der Waals surface area contributed by atoms with Crippen molar-refractivity contribution in [2.45, 2.75) is 13.5 Å². The van der Waals surface area contributed by atoms with Crippen LogP contribution < -0.4 is 5.32 Å². The summed E-state index contributed by atoms with van der Waals surface area (Å²) in [7, 11) is 1.61. The Morgan fingerprint density at radius 3 is 2.85 bits per heavy atom. The maximum Gasteiger partial charge on any atom is 0.157 e. The Kier molecular flexibility index (Phi) is 4.64. The van der Waals surface area contributed by atoms with Crippen molar-refractivity contribution < 1.29 is 4.74 Å². The first-order valence-corrected chi connectivity index (χ1v) is 6.38. The van der Waals surface area contributed by atoms with Crippen LogP contribution in [0.3, 0.4) is 0 Å². The minimum Gasteiger partial charge on any atom is -0.377 e. The number of nitrogens with one attached hydrogen (secondary N) is 1. The van der Waals surface area contributed by atoms with E-state index in [4.69, 9.17) is 10.00 Å². The first-order valence-electron chi connectivity index (χ1n) is 6.38. The monoisotopic (exact) mass is 268 g/mol. The van der Waals surface area contributed by atoms with Gasteiger partial charge in [-0.05, 0) is 19.1 Å². The number of hydrogen-bond donors (Lipinski definition) is 1. The van der Waals surface area contributed by atoms with Crippen LogP contribution in [-0.4, -0.2) is 23.6 Å². The van der Waals surface area contributed by atoms with E-state index in [-0.39, 0.29) is 0 Å². The average Bonchev–Trinajstić information content (AvgIpc) is 2.48.